The Balaban J connectivity index is 1.64. The monoisotopic (exact) mass is 288 g/mol. The van der Waals surface area contributed by atoms with E-state index in [1.807, 2.05) is 24.3 Å². The van der Waals surface area contributed by atoms with Crippen molar-refractivity contribution in [2.75, 3.05) is 10.6 Å². The lowest BCUT2D eigenvalue weighted by Crippen LogP contribution is -2.06. The Hall–Kier alpha value is -2.74. The van der Waals surface area contributed by atoms with Gasteiger partial charge in [0.15, 0.2) is 0 Å². The first-order chi connectivity index (χ1) is 10.8. The number of hydrogen-bond donors (Lipinski definition) is 2. The number of anilines is 3. The summed E-state index contributed by atoms with van der Waals surface area (Å²) in [6.45, 7) is 2.17. The predicted octanol–water partition coefficient (Wildman–Crippen LogP) is 5.60. The van der Waals surface area contributed by atoms with Crippen molar-refractivity contribution >= 4 is 17.1 Å². The third kappa shape index (κ3) is 3.67. The van der Waals surface area contributed by atoms with E-state index in [0.717, 1.165) is 17.1 Å². The molecule has 3 aromatic carbocycles. The molecule has 0 aliphatic rings. The standard InChI is InChI=1S/C20H20N2/c1-16(17-8-4-2-5-9-17)21-19-12-14-20(15-13-19)22-18-10-6-3-7-11-18/h2-16,21-22H,1H3. The van der Waals surface area contributed by atoms with Gasteiger partial charge in [-0.1, -0.05) is 48.5 Å². The van der Waals surface area contributed by atoms with Crippen LogP contribution in [-0.2, 0) is 0 Å². The molecule has 0 radical (unpaired) electrons. The van der Waals surface area contributed by atoms with Crippen LogP contribution in [0.25, 0.3) is 0 Å². The maximum atomic E-state index is 3.52. The lowest BCUT2D eigenvalue weighted by atomic mass is 10.1. The molecule has 1 atom stereocenters. The summed E-state index contributed by atoms with van der Waals surface area (Å²) in [4.78, 5) is 0. The molecular weight excluding hydrogens is 268 g/mol. The highest BCUT2D eigenvalue weighted by atomic mass is 14.9. The van der Waals surface area contributed by atoms with E-state index in [9.17, 15) is 0 Å². The van der Waals surface area contributed by atoms with Gasteiger partial charge >= 0.3 is 0 Å². The topological polar surface area (TPSA) is 24.1 Å². The Bertz CT molecular complexity index is 691. The van der Waals surface area contributed by atoms with Crippen LogP contribution in [0.4, 0.5) is 17.1 Å². The molecule has 0 bridgehead atoms. The van der Waals surface area contributed by atoms with Gasteiger partial charge in [0.1, 0.15) is 0 Å². The molecule has 2 heteroatoms. The summed E-state index contributed by atoms with van der Waals surface area (Å²) < 4.78 is 0. The highest BCUT2D eigenvalue weighted by Gasteiger charge is 2.04. The van der Waals surface area contributed by atoms with E-state index in [-0.39, 0.29) is 6.04 Å². The largest absolute Gasteiger partial charge is 0.379 e. The first-order valence-electron chi connectivity index (χ1n) is 7.55. The highest BCUT2D eigenvalue weighted by Crippen LogP contribution is 2.22. The summed E-state index contributed by atoms with van der Waals surface area (Å²) in [5, 5.41) is 6.91. The SMILES string of the molecule is CC(Nc1ccc(Nc2ccccc2)cc1)c1ccccc1. The molecule has 22 heavy (non-hydrogen) atoms. The zero-order valence-electron chi connectivity index (χ0n) is 12.7. The van der Waals surface area contributed by atoms with Gasteiger partial charge in [-0.15, -0.1) is 0 Å². The van der Waals surface area contributed by atoms with E-state index >= 15 is 0 Å². The minimum absolute atomic E-state index is 0.286. The Morgan fingerprint density at radius 2 is 1.09 bits per heavy atom. The zero-order valence-corrected chi connectivity index (χ0v) is 12.7. The van der Waals surface area contributed by atoms with E-state index in [1.165, 1.54) is 5.56 Å². The van der Waals surface area contributed by atoms with Crippen molar-refractivity contribution in [1.29, 1.82) is 0 Å². The van der Waals surface area contributed by atoms with Crippen LogP contribution >= 0.6 is 0 Å². The molecular formula is C20H20N2. The molecule has 1 unspecified atom stereocenters. The molecule has 0 aromatic heterocycles. The summed E-state index contributed by atoms with van der Waals surface area (Å²) in [6.07, 6.45) is 0. The molecule has 0 saturated heterocycles. The average Bonchev–Trinajstić information content (AvgIpc) is 2.58. The van der Waals surface area contributed by atoms with Crippen molar-refractivity contribution in [2.45, 2.75) is 13.0 Å². The van der Waals surface area contributed by atoms with Crippen LogP contribution in [-0.4, -0.2) is 0 Å². The molecule has 0 aliphatic carbocycles. The molecule has 2 nitrogen and oxygen atoms in total. The van der Waals surface area contributed by atoms with Gasteiger partial charge in [-0.3, -0.25) is 0 Å². The summed E-state index contributed by atoms with van der Waals surface area (Å²) in [6, 6.07) is 29.3. The van der Waals surface area contributed by atoms with E-state index in [0.29, 0.717) is 0 Å². The number of para-hydroxylation sites is 1. The third-order valence-electron chi connectivity index (χ3n) is 3.63. The molecule has 110 valence electrons. The van der Waals surface area contributed by atoms with E-state index in [2.05, 4.69) is 78.2 Å². The van der Waals surface area contributed by atoms with Gasteiger partial charge in [0.05, 0.1) is 0 Å². The fourth-order valence-corrected chi connectivity index (χ4v) is 2.41. The van der Waals surface area contributed by atoms with Crippen LogP contribution in [0, 0.1) is 0 Å². The summed E-state index contributed by atoms with van der Waals surface area (Å²) in [5.41, 5.74) is 4.59. The second-order valence-electron chi connectivity index (χ2n) is 5.35. The van der Waals surface area contributed by atoms with Gasteiger partial charge in [-0.25, -0.2) is 0 Å². The van der Waals surface area contributed by atoms with Crippen molar-refractivity contribution in [1.82, 2.24) is 0 Å². The van der Waals surface area contributed by atoms with E-state index in [4.69, 9.17) is 0 Å². The van der Waals surface area contributed by atoms with Crippen molar-refractivity contribution in [3.63, 3.8) is 0 Å². The summed E-state index contributed by atoms with van der Waals surface area (Å²) >= 11 is 0. The summed E-state index contributed by atoms with van der Waals surface area (Å²) in [7, 11) is 0. The fraction of sp³-hybridized carbons (Fsp3) is 0.100. The molecule has 3 rings (SSSR count). The Morgan fingerprint density at radius 1 is 0.591 bits per heavy atom. The van der Waals surface area contributed by atoms with Crippen LogP contribution in [0.5, 0.6) is 0 Å². The van der Waals surface area contributed by atoms with Gasteiger partial charge in [0.2, 0.25) is 0 Å². The quantitative estimate of drug-likeness (QED) is 0.638. The average molecular weight is 288 g/mol. The second kappa shape index (κ2) is 6.81. The van der Waals surface area contributed by atoms with Crippen LogP contribution < -0.4 is 10.6 Å². The lowest BCUT2D eigenvalue weighted by molar-refractivity contribution is 0.885. The first-order valence-corrected chi connectivity index (χ1v) is 7.55. The van der Waals surface area contributed by atoms with E-state index < -0.39 is 0 Å². The Morgan fingerprint density at radius 3 is 1.73 bits per heavy atom. The number of benzene rings is 3. The van der Waals surface area contributed by atoms with Gasteiger partial charge in [-0.2, -0.15) is 0 Å². The summed E-state index contributed by atoms with van der Waals surface area (Å²) in [5.74, 6) is 0. The third-order valence-corrected chi connectivity index (χ3v) is 3.63. The van der Waals surface area contributed by atoms with Gasteiger partial charge in [0, 0.05) is 23.1 Å². The molecule has 0 aliphatic heterocycles. The first kappa shape index (κ1) is 14.2. The van der Waals surface area contributed by atoms with Crippen molar-refractivity contribution in [3.05, 3.63) is 90.5 Å². The molecule has 2 N–H and O–H groups in total. The maximum absolute atomic E-state index is 3.52. The van der Waals surface area contributed by atoms with E-state index in [1.54, 1.807) is 0 Å². The van der Waals surface area contributed by atoms with Gasteiger partial charge in [-0.05, 0) is 48.9 Å². The lowest BCUT2D eigenvalue weighted by Gasteiger charge is -2.16. The number of nitrogens with one attached hydrogen (secondary N) is 2. The van der Waals surface area contributed by atoms with Gasteiger partial charge < -0.3 is 10.6 Å². The maximum Gasteiger partial charge on any atom is 0.0485 e. The Kier molecular flexibility index (Phi) is 4.40. The van der Waals surface area contributed by atoms with Gasteiger partial charge in [0.25, 0.3) is 0 Å². The predicted molar refractivity (Wildman–Crippen MR) is 94.6 cm³/mol. The minimum Gasteiger partial charge on any atom is -0.379 e. The van der Waals surface area contributed by atoms with Crippen LogP contribution in [0.3, 0.4) is 0 Å². The highest BCUT2D eigenvalue weighted by molar-refractivity contribution is 5.62. The van der Waals surface area contributed by atoms with Crippen molar-refractivity contribution in [2.24, 2.45) is 0 Å². The smallest absolute Gasteiger partial charge is 0.0485 e. The normalized spacial score (nSPS) is 11.7. The van der Waals surface area contributed by atoms with Crippen LogP contribution in [0.1, 0.15) is 18.5 Å². The van der Waals surface area contributed by atoms with Crippen molar-refractivity contribution < 1.29 is 0 Å². The fourth-order valence-electron chi connectivity index (χ4n) is 2.41. The number of rotatable bonds is 5. The molecule has 3 aromatic rings. The minimum atomic E-state index is 0.286. The van der Waals surface area contributed by atoms with Crippen LogP contribution in [0.15, 0.2) is 84.9 Å². The zero-order chi connectivity index (χ0) is 15.2. The molecule has 0 fully saturated rings. The Labute approximate surface area is 131 Å². The molecule has 0 saturated carbocycles. The number of hydrogen-bond acceptors (Lipinski definition) is 2. The van der Waals surface area contributed by atoms with Crippen molar-refractivity contribution in [3.8, 4) is 0 Å². The molecule has 0 spiro atoms. The molecule has 0 heterocycles. The van der Waals surface area contributed by atoms with Crippen LogP contribution in [0.2, 0.25) is 0 Å². The second-order valence-corrected chi connectivity index (χ2v) is 5.35. The molecule has 0 amide bonds.